The van der Waals surface area contributed by atoms with Crippen molar-refractivity contribution >= 4 is 12.4 Å². The highest BCUT2D eigenvalue weighted by molar-refractivity contribution is 5.70. The van der Waals surface area contributed by atoms with Crippen LogP contribution in [-0.4, -0.2) is 36.5 Å². The van der Waals surface area contributed by atoms with E-state index < -0.39 is 0 Å². The Kier molecular flexibility index (Phi) is 6.94. The number of aldehydes is 1. The van der Waals surface area contributed by atoms with Gasteiger partial charge in [-0.3, -0.25) is 0 Å². The molecule has 1 aliphatic rings. The number of benzene rings is 1. The van der Waals surface area contributed by atoms with Gasteiger partial charge in [-0.05, 0) is 24.8 Å². The summed E-state index contributed by atoms with van der Waals surface area (Å²) in [5, 5.41) is 0. The SMILES string of the molecule is O=CCCCCCCCN1C(=O)OC[C@H]1Cc1ccccc1. The van der Waals surface area contributed by atoms with Crippen molar-refractivity contribution in [3.63, 3.8) is 0 Å². The molecule has 1 aromatic rings. The van der Waals surface area contributed by atoms with E-state index in [-0.39, 0.29) is 12.1 Å². The Hall–Kier alpha value is -1.84. The minimum absolute atomic E-state index is 0.157. The van der Waals surface area contributed by atoms with Crippen molar-refractivity contribution in [1.82, 2.24) is 4.90 Å². The lowest BCUT2D eigenvalue weighted by Gasteiger charge is -2.21. The predicted octanol–water partition coefficient (Wildman–Crippen LogP) is 3.59. The minimum Gasteiger partial charge on any atom is -0.447 e. The third-order valence-electron chi connectivity index (χ3n) is 4.11. The zero-order valence-electron chi connectivity index (χ0n) is 13.1. The van der Waals surface area contributed by atoms with Crippen molar-refractivity contribution in [1.29, 1.82) is 0 Å². The maximum Gasteiger partial charge on any atom is 0.410 e. The number of cyclic esters (lactones) is 1. The molecule has 0 unspecified atom stereocenters. The van der Waals surface area contributed by atoms with Gasteiger partial charge in [0, 0.05) is 13.0 Å². The first kappa shape index (κ1) is 16.5. The van der Waals surface area contributed by atoms with E-state index in [1.807, 2.05) is 23.1 Å². The van der Waals surface area contributed by atoms with Crippen LogP contribution in [0.1, 0.15) is 44.1 Å². The molecular weight excluding hydrogens is 278 g/mol. The maximum absolute atomic E-state index is 11.8. The molecule has 0 saturated carbocycles. The second-order valence-corrected chi connectivity index (χ2v) is 5.84. The van der Waals surface area contributed by atoms with E-state index in [2.05, 4.69) is 12.1 Å². The molecule has 1 heterocycles. The van der Waals surface area contributed by atoms with Crippen LogP contribution >= 0.6 is 0 Å². The van der Waals surface area contributed by atoms with E-state index in [0.29, 0.717) is 13.0 Å². The Morgan fingerprint density at radius 1 is 1.09 bits per heavy atom. The van der Waals surface area contributed by atoms with Gasteiger partial charge in [-0.2, -0.15) is 0 Å². The molecule has 22 heavy (non-hydrogen) atoms. The number of nitrogens with zero attached hydrogens (tertiary/aromatic N) is 1. The molecule has 0 aromatic heterocycles. The van der Waals surface area contributed by atoms with Crippen molar-refractivity contribution in [2.75, 3.05) is 13.2 Å². The topological polar surface area (TPSA) is 46.6 Å². The minimum atomic E-state index is -0.179. The molecular formula is C18H25NO3. The number of hydrogen-bond donors (Lipinski definition) is 0. The molecule has 1 amide bonds. The molecule has 1 atom stereocenters. The van der Waals surface area contributed by atoms with E-state index >= 15 is 0 Å². The highest BCUT2D eigenvalue weighted by Crippen LogP contribution is 2.18. The first-order valence-electron chi connectivity index (χ1n) is 8.22. The Balaban J connectivity index is 1.71. The highest BCUT2D eigenvalue weighted by atomic mass is 16.6. The van der Waals surface area contributed by atoms with Crippen LogP contribution < -0.4 is 0 Å². The standard InChI is InChI=1S/C18H25NO3/c20-13-9-4-2-1-3-8-12-19-17(15-22-18(19)21)14-16-10-6-5-7-11-16/h5-7,10-11,13,17H,1-4,8-9,12,14-15H2/t17-/m1/s1. The fraction of sp³-hybridized carbons (Fsp3) is 0.556. The molecule has 0 N–H and O–H groups in total. The largest absolute Gasteiger partial charge is 0.447 e. The molecule has 1 saturated heterocycles. The third kappa shape index (κ3) is 5.17. The molecule has 1 aromatic carbocycles. The molecule has 0 radical (unpaired) electrons. The van der Waals surface area contributed by atoms with Crippen LogP contribution in [0.2, 0.25) is 0 Å². The fourth-order valence-corrected chi connectivity index (χ4v) is 2.86. The van der Waals surface area contributed by atoms with Crippen LogP contribution in [0, 0.1) is 0 Å². The van der Waals surface area contributed by atoms with Crippen molar-refractivity contribution in [3.8, 4) is 0 Å². The van der Waals surface area contributed by atoms with Crippen LogP contribution in [0.5, 0.6) is 0 Å². The Morgan fingerprint density at radius 3 is 2.59 bits per heavy atom. The molecule has 120 valence electrons. The zero-order chi connectivity index (χ0) is 15.6. The summed E-state index contributed by atoms with van der Waals surface area (Å²) in [5.41, 5.74) is 1.24. The van der Waals surface area contributed by atoms with Gasteiger partial charge >= 0.3 is 6.09 Å². The average molecular weight is 303 g/mol. The summed E-state index contributed by atoms with van der Waals surface area (Å²) in [6, 6.07) is 10.4. The van der Waals surface area contributed by atoms with Gasteiger partial charge in [-0.25, -0.2) is 4.79 Å². The summed E-state index contributed by atoms with van der Waals surface area (Å²) in [5.74, 6) is 0. The first-order chi connectivity index (χ1) is 10.8. The molecule has 1 aliphatic heterocycles. The van der Waals surface area contributed by atoms with E-state index in [0.717, 1.165) is 51.4 Å². The van der Waals surface area contributed by atoms with E-state index in [1.165, 1.54) is 5.56 Å². The predicted molar refractivity (Wildman–Crippen MR) is 85.8 cm³/mol. The van der Waals surface area contributed by atoms with Crippen molar-refractivity contribution in [2.24, 2.45) is 0 Å². The molecule has 2 rings (SSSR count). The van der Waals surface area contributed by atoms with E-state index in [1.54, 1.807) is 0 Å². The summed E-state index contributed by atoms with van der Waals surface area (Å²) in [6.45, 7) is 1.26. The summed E-state index contributed by atoms with van der Waals surface area (Å²) in [4.78, 5) is 24.0. The van der Waals surface area contributed by atoms with Gasteiger partial charge < -0.3 is 14.4 Å². The van der Waals surface area contributed by atoms with Gasteiger partial charge in [0.05, 0.1) is 6.04 Å². The summed E-state index contributed by atoms with van der Waals surface area (Å²) in [6.07, 6.45) is 7.62. The molecule has 0 spiro atoms. The fourth-order valence-electron chi connectivity index (χ4n) is 2.86. The lowest BCUT2D eigenvalue weighted by Crippen LogP contribution is -2.35. The monoisotopic (exact) mass is 303 g/mol. The van der Waals surface area contributed by atoms with Crippen LogP contribution in [0.15, 0.2) is 30.3 Å². The number of carbonyl (C=O) groups excluding carboxylic acids is 2. The van der Waals surface area contributed by atoms with Gasteiger partial charge in [-0.1, -0.05) is 49.6 Å². The zero-order valence-corrected chi connectivity index (χ0v) is 13.1. The average Bonchev–Trinajstić information content (AvgIpc) is 2.88. The Morgan fingerprint density at radius 2 is 1.82 bits per heavy atom. The van der Waals surface area contributed by atoms with Crippen LogP contribution in [0.25, 0.3) is 0 Å². The number of rotatable bonds is 10. The number of hydrogen-bond acceptors (Lipinski definition) is 3. The second kappa shape index (κ2) is 9.23. The summed E-state index contributed by atoms with van der Waals surface area (Å²) in [7, 11) is 0. The molecule has 0 bridgehead atoms. The number of amides is 1. The maximum atomic E-state index is 11.8. The second-order valence-electron chi connectivity index (χ2n) is 5.84. The molecule has 1 fully saturated rings. The highest BCUT2D eigenvalue weighted by Gasteiger charge is 2.32. The number of ether oxygens (including phenoxy) is 1. The lowest BCUT2D eigenvalue weighted by atomic mass is 10.1. The smallest absolute Gasteiger partial charge is 0.410 e. The van der Waals surface area contributed by atoms with E-state index in [4.69, 9.17) is 4.74 Å². The molecule has 4 nitrogen and oxygen atoms in total. The van der Waals surface area contributed by atoms with Gasteiger partial charge in [0.25, 0.3) is 0 Å². The molecule has 4 heteroatoms. The Labute approximate surface area is 132 Å². The summed E-state index contributed by atoms with van der Waals surface area (Å²) >= 11 is 0. The first-order valence-corrected chi connectivity index (χ1v) is 8.22. The Bertz CT molecular complexity index is 461. The summed E-state index contributed by atoms with van der Waals surface area (Å²) < 4.78 is 5.21. The number of unbranched alkanes of at least 4 members (excludes halogenated alkanes) is 5. The van der Waals surface area contributed by atoms with Crippen molar-refractivity contribution < 1.29 is 14.3 Å². The van der Waals surface area contributed by atoms with E-state index in [9.17, 15) is 9.59 Å². The lowest BCUT2D eigenvalue weighted by molar-refractivity contribution is -0.107. The third-order valence-corrected chi connectivity index (χ3v) is 4.11. The van der Waals surface area contributed by atoms with Crippen molar-refractivity contribution in [2.45, 2.75) is 51.0 Å². The van der Waals surface area contributed by atoms with Crippen molar-refractivity contribution in [3.05, 3.63) is 35.9 Å². The van der Waals surface area contributed by atoms with Gasteiger partial charge in [0.15, 0.2) is 0 Å². The number of carbonyl (C=O) groups is 2. The van der Waals surface area contributed by atoms with Gasteiger partial charge in [0.2, 0.25) is 0 Å². The van der Waals surface area contributed by atoms with Gasteiger partial charge in [0.1, 0.15) is 12.9 Å². The van der Waals surface area contributed by atoms with Crippen LogP contribution in [-0.2, 0) is 16.0 Å². The quantitative estimate of drug-likeness (QED) is 0.490. The van der Waals surface area contributed by atoms with Crippen LogP contribution in [0.3, 0.4) is 0 Å². The van der Waals surface area contributed by atoms with Crippen LogP contribution in [0.4, 0.5) is 4.79 Å². The molecule has 0 aliphatic carbocycles. The van der Waals surface area contributed by atoms with Gasteiger partial charge in [-0.15, -0.1) is 0 Å². The normalized spacial score (nSPS) is 17.5.